The lowest BCUT2D eigenvalue weighted by atomic mass is 10.1. The third kappa shape index (κ3) is 4.95. The highest BCUT2D eigenvalue weighted by atomic mass is 32.3. The van der Waals surface area contributed by atoms with Crippen LogP contribution in [0, 0.1) is 0 Å². The second-order valence-corrected chi connectivity index (χ2v) is 10.4. The van der Waals surface area contributed by atoms with Crippen LogP contribution in [0.5, 0.6) is 5.75 Å². The minimum absolute atomic E-state index is 0.136. The zero-order chi connectivity index (χ0) is 23.5. The second kappa shape index (κ2) is 9.32. The van der Waals surface area contributed by atoms with Gasteiger partial charge in [-0.3, -0.25) is 18.9 Å². The van der Waals surface area contributed by atoms with E-state index in [1.807, 2.05) is 6.07 Å². The third-order valence-electron chi connectivity index (χ3n) is 4.90. The standard InChI is InChI=1S/C23H28N2O6S/c1-23(2,3)25-21(26)19(20(32(25,29)30)16-8-5-4-6-9-16)24-14-7-15-31-18-12-10-17(11-13-18)22(27)28/h4-6,8-13,20,29-30H,7,14-15H2,1-3H3,(H,27,28). The van der Waals surface area contributed by atoms with Crippen LogP contribution in [0.2, 0.25) is 0 Å². The van der Waals surface area contributed by atoms with Gasteiger partial charge in [0.25, 0.3) is 5.91 Å². The van der Waals surface area contributed by atoms with Crippen LogP contribution in [0.3, 0.4) is 0 Å². The molecule has 9 heteroatoms. The Kier molecular flexibility index (Phi) is 6.92. The monoisotopic (exact) mass is 460 g/mol. The number of carbonyl (C=O) groups is 2. The summed E-state index contributed by atoms with van der Waals surface area (Å²) in [6, 6.07) is 15.0. The number of nitrogens with zero attached hydrogens (tertiary/aromatic N) is 2. The Labute approximate surface area is 189 Å². The van der Waals surface area contributed by atoms with Crippen molar-refractivity contribution in [3.63, 3.8) is 0 Å². The molecular formula is C23H28N2O6S. The van der Waals surface area contributed by atoms with E-state index < -0.39 is 33.4 Å². The highest BCUT2D eigenvalue weighted by Gasteiger charge is 2.54. The van der Waals surface area contributed by atoms with Crippen molar-refractivity contribution >= 4 is 28.4 Å². The van der Waals surface area contributed by atoms with Crippen LogP contribution in [0.4, 0.5) is 0 Å². The molecule has 1 fully saturated rings. The van der Waals surface area contributed by atoms with Crippen molar-refractivity contribution in [2.45, 2.75) is 38.0 Å². The number of aliphatic imine (C=N–C) groups is 1. The fourth-order valence-corrected chi connectivity index (χ4v) is 5.92. The number of carboxylic acid groups (broad SMARTS) is 1. The van der Waals surface area contributed by atoms with Crippen molar-refractivity contribution in [2.75, 3.05) is 13.2 Å². The molecular weight excluding hydrogens is 432 g/mol. The van der Waals surface area contributed by atoms with Crippen LogP contribution in [-0.4, -0.2) is 54.8 Å². The van der Waals surface area contributed by atoms with Crippen molar-refractivity contribution in [1.82, 2.24) is 4.31 Å². The Hall–Kier alpha value is -2.88. The minimum atomic E-state index is -3.46. The lowest BCUT2D eigenvalue weighted by Gasteiger charge is -2.46. The maximum Gasteiger partial charge on any atom is 0.335 e. The van der Waals surface area contributed by atoms with Gasteiger partial charge in [0.15, 0.2) is 0 Å². The predicted molar refractivity (Wildman–Crippen MR) is 124 cm³/mol. The van der Waals surface area contributed by atoms with E-state index in [0.717, 1.165) is 4.31 Å². The number of hydrogen-bond donors (Lipinski definition) is 3. The van der Waals surface area contributed by atoms with E-state index in [9.17, 15) is 18.7 Å². The number of hydrogen-bond acceptors (Lipinski definition) is 6. The molecule has 1 aliphatic heterocycles. The number of carbonyl (C=O) groups excluding carboxylic acids is 1. The normalized spacial score (nSPS) is 20.4. The average molecular weight is 461 g/mol. The summed E-state index contributed by atoms with van der Waals surface area (Å²) in [4.78, 5) is 28.5. The lowest BCUT2D eigenvalue weighted by Crippen LogP contribution is -2.43. The van der Waals surface area contributed by atoms with Gasteiger partial charge in [-0.2, -0.15) is 0 Å². The van der Waals surface area contributed by atoms with Gasteiger partial charge in [-0.05, 0) is 50.6 Å². The van der Waals surface area contributed by atoms with Crippen molar-refractivity contribution in [1.29, 1.82) is 0 Å². The molecule has 172 valence electrons. The molecule has 1 saturated heterocycles. The highest BCUT2D eigenvalue weighted by molar-refractivity contribution is 8.24. The van der Waals surface area contributed by atoms with E-state index in [1.54, 1.807) is 57.2 Å². The zero-order valence-electron chi connectivity index (χ0n) is 18.3. The molecule has 0 aromatic heterocycles. The van der Waals surface area contributed by atoms with Crippen molar-refractivity contribution in [2.24, 2.45) is 4.99 Å². The first-order valence-electron chi connectivity index (χ1n) is 10.2. The van der Waals surface area contributed by atoms with E-state index in [1.165, 1.54) is 12.1 Å². The van der Waals surface area contributed by atoms with Gasteiger partial charge in [-0.15, -0.1) is 10.8 Å². The van der Waals surface area contributed by atoms with E-state index in [4.69, 9.17) is 9.84 Å². The largest absolute Gasteiger partial charge is 0.494 e. The van der Waals surface area contributed by atoms with Gasteiger partial charge in [0.1, 0.15) is 16.7 Å². The molecule has 2 aromatic carbocycles. The third-order valence-corrected chi connectivity index (χ3v) is 7.28. The Morgan fingerprint density at radius 2 is 1.72 bits per heavy atom. The van der Waals surface area contributed by atoms with Gasteiger partial charge in [-0.1, -0.05) is 30.3 Å². The molecule has 0 saturated carbocycles. The van der Waals surface area contributed by atoms with Gasteiger partial charge >= 0.3 is 5.97 Å². The number of amides is 1. The second-order valence-electron chi connectivity index (χ2n) is 8.42. The maximum atomic E-state index is 13.1. The maximum absolute atomic E-state index is 13.1. The molecule has 3 rings (SSSR count). The molecule has 0 spiro atoms. The molecule has 1 amide bonds. The number of carboxylic acids is 1. The van der Waals surface area contributed by atoms with Gasteiger partial charge in [0, 0.05) is 13.0 Å². The van der Waals surface area contributed by atoms with Crippen LogP contribution in [0.25, 0.3) is 0 Å². The Balaban J connectivity index is 1.73. The molecule has 1 heterocycles. The zero-order valence-corrected chi connectivity index (χ0v) is 19.1. The molecule has 0 aliphatic carbocycles. The van der Waals surface area contributed by atoms with E-state index in [2.05, 4.69) is 4.99 Å². The summed E-state index contributed by atoms with van der Waals surface area (Å²) < 4.78 is 28.9. The first-order valence-corrected chi connectivity index (χ1v) is 11.8. The minimum Gasteiger partial charge on any atom is -0.494 e. The molecule has 8 nitrogen and oxygen atoms in total. The molecule has 3 N–H and O–H groups in total. The first kappa shape index (κ1) is 23.8. The summed E-state index contributed by atoms with van der Waals surface area (Å²) in [6.45, 7) is 5.85. The van der Waals surface area contributed by atoms with Gasteiger partial charge in [-0.25, -0.2) is 9.10 Å². The Bertz CT molecular complexity index is 999. The van der Waals surface area contributed by atoms with Crippen LogP contribution < -0.4 is 4.74 Å². The molecule has 2 aromatic rings. The molecule has 32 heavy (non-hydrogen) atoms. The van der Waals surface area contributed by atoms with Crippen LogP contribution >= 0.6 is 10.8 Å². The summed E-state index contributed by atoms with van der Waals surface area (Å²) in [5.41, 5.74) is 0.154. The number of rotatable bonds is 7. The number of benzene rings is 2. The van der Waals surface area contributed by atoms with Crippen LogP contribution in [0.1, 0.15) is 48.4 Å². The van der Waals surface area contributed by atoms with Crippen molar-refractivity contribution in [3.8, 4) is 5.75 Å². The van der Waals surface area contributed by atoms with Crippen LogP contribution in [0.15, 0.2) is 59.6 Å². The van der Waals surface area contributed by atoms with Crippen molar-refractivity contribution in [3.05, 3.63) is 65.7 Å². The van der Waals surface area contributed by atoms with Crippen LogP contribution in [-0.2, 0) is 4.79 Å². The van der Waals surface area contributed by atoms with Crippen molar-refractivity contribution < 1.29 is 28.5 Å². The molecule has 1 atom stereocenters. The highest BCUT2D eigenvalue weighted by Crippen LogP contribution is 2.64. The Morgan fingerprint density at radius 3 is 2.28 bits per heavy atom. The summed E-state index contributed by atoms with van der Waals surface area (Å²) in [7, 11) is -3.46. The van der Waals surface area contributed by atoms with Gasteiger partial charge in [0.2, 0.25) is 0 Å². The van der Waals surface area contributed by atoms with Gasteiger partial charge < -0.3 is 9.84 Å². The number of aromatic carboxylic acids is 1. The first-order chi connectivity index (χ1) is 15.0. The number of ether oxygens (including phenoxy) is 1. The lowest BCUT2D eigenvalue weighted by molar-refractivity contribution is -0.122. The molecule has 1 unspecified atom stereocenters. The summed E-state index contributed by atoms with van der Waals surface area (Å²) in [5, 5.41) is 8.02. The van der Waals surface area contributed by atoms with Gasteiger partial charge in [0.05, 0.1) is 17.7 Å². The fraction of sp³-hybridized carbons (Fsp3) is 0.348. The topological polar surface area (TPSA) is 120 Å². The van der Waals surface area contributed by atoms with E-state index in [-0.39, 0.29) is 17.8 Å². The summed E-state index contributed by atoms with van der Waals surface area (Å²) >= 11 is 0. The fourth-order valence-electron chi connectivity index (χ4n) is 3.57. The van der Waals surface area contributed by atoms with E-state index >= 15 is 0 Å². The molecule has 0 bridgehead atoms. The quantitative estimate of drug-likeness (QED) is 0.518. The predicted octanol–water partition coefficient (Wildman–Crippen LogP) is 4.64. The van der Waals surface area contributed by atoms with E-state index in [0.29, 0.717) is 24.3 Å². The average Bonchev–Trinajstić information content (AvgIpc) is 2.93. The Morgan fingerprint density at radius 1 is 1.09 bits per heavy atom. The SMILES string of the molecule is CC(C)(C)N1C(=O)C(=NCCCOc2ccc(C(=O)O)cc2)C(c2ccccc2)S1(O)O. The smallest absolute Gasteiger partial charge is 0.335 e. The summed E-state index contributed by atoms with van der Waals surface area (Å²) in [6.07, 6.45) is 0.494. The molecule has 0 radical (unpaired) electrons. The summed E-state index contributed by atoms with van der Waals surface area (Å²) in [5.74, 6) is -0.941. The molecule has 1 aliphatic rings.